The van der Waals surface area contributed by atoms with Gasteiger partial charge in [0.1, 0.15) is 11.3 Å². The molecule has 0 radical (unpaired) electrons. The van der Waals surface area contributed by atoms with Gasteiger partial charge in [-0.1, -0.05) is 82.3 Å². The molecule has 2 aromatic carbocycles. The predicted molar refractivity (Wildman–Crippen MR) is 117 cm³/mol. The van der Waals surface area contributed by atoms with E-state index in [1.165, 1.54) is 5.56 Å². The third-order valence-electron chi connectivity index (χ3n) is 5.62. The number of allylic oxidation sites excluding steroid dienone is 1. The third-order valence-corrected chi connectivity index (χ3v) is 5.62. The van der Waals surface area contributed by atoms with E-state index in [2.05, 4.69) is 32.9 Å². The van der Waals surface area contributed by atoms with Crippen molar-refractivity contribution in [1.29, 1.82) is 0 Å². The SMILES string of the molecule is CC(Cc1ccc(C(C)(C)C)cc1)C(O)=C1C(=O)OC(CCc2ccccc2)C1=O. The molecule has 0 aliphatic carbocycles. The molecule has 4 nitrogen and oxygen atoms in total. The van der Waals surface area contributed by atoms with Gasteiger partial charge in [-0.2, -0.15) is 0 Å². The molecule has 1 fully saturated rings. The van der Waals surface area contributed by atoms with Crippen LogP contribution in [0.15, 0.2) is 65.9 Å². The first-order valence-corrected chi connectivity index (χ1v) is 10.5. The number of carbonyl (C=O) groups excluding carboxylic acids is 2. The standard InChI is InChI=1S/C26H30O4/c1-17(16-19-10-13-20(14-11-19)26(2,3)4)23(27)22-24(28)21(30-25(22)29)15-12-18-8-6-5-7-9-18/h5-11,13-14,17,21,27H,12,15-16H2,1-4H3. The fourth-order valence-electron chi connectivity index (χ4n) is 3.70. The minimum atomic E-state index is -0.826. The van der Waals surface area contributed by atoms with Crippen LogP contribution >= 0.6 is 0 Å². The molecule has 0 saturated carbocycles. The van der Waals surface area contributed by atoms with Crippen LogP contribution in [0.5, 0.6) is 0 Å². The molecule has 2 aromatic rings. The number of esters is 1. The second-order valence-corrected chi connectivity index (χ2v) is 9.09. The molecule has 1 saturated heterocycles. The van der Waals surface area contributed by atoms with Gasteiger partial charge in [-0.05, 0) is 41.4 Å². The summed E-state index contributed by atoms with van der Waals surface area (Å²) in [6, 6.07) is 18.0. The number of hydrogen-bond acceptors (Lipinski definition) is 4. The molecule has 4 heteroatoms. The topological polar surface area (TPSA) is 63.6 Å². The first-order chi connectivity index (χ1) is 14.2. The number of carbonyl (C=O) groups is 2. The van der Waals surface area contributed by atoms with Crippen molar-refractivity contribution in [2.45, 2.75) is 58.5 Å². The maximum absolute atomic E-state index is 12.7. The van der Waals surface area contributed by atoms with Crippen molar-refractivity contribution in [3.8, 4) is 0 Å². The molecule has 1 heterocycles. The zero-order valence-electron chi connectivity index (χ0n) is 18.1. The highest BCUT2D eigenvalue weighted by atomic mass is 16.6. The molecular formula is C26H30O4. The highest BCUT2D eigenvalue weighted by Gasteiger charge is 2.41. The summed E-state index contributed by atoms with van der Waals surface area (Å²) in [5, 5.41) is 10.7. The van der Waals surface area contributed by atoms with Gasteiger partial charge < -0.3 is 9.84 Å². The Kier molecular flexibility index (Phi) is 6.45. The van der Waals surface area contributed by atoms with Gasteiger partial charge in [-0.15, -0.1) is 0 Å². The molecule has 0 amide bonds. The molecule has 2 atom stereocenters. The molecule has 30 heavy (non-hydrogen) atoms. The first-order valence-electron chi connectivity index (χ1n) is 10.5. The number of aliphatic hydroxyl groups excluding tert-OH is 1. The van der Waals surface area contributed by atoms with Crippen molar-refractivity contribution >= 4 is 11.8 Å². The van der Waals surface area contributed by atoms with E-state index < -0.39 is 17.9 Å². The maximum Gasteiger partial charge on any atom is 0.346 e. The van der Waals surface area contributed by atoms with E-state index in [0.29, 0.717) is 19.3 Å². The van der Waals surface area contributed by atoms with E-state index in [1.54, 1.807) is 0 Å². The highest BCUT2D eigenvalue weighted by molar-refractivity contribution is 6.23. The minimum Gasteiger partial charge on any atom is -0.511 e. The van der Waals surface area contributed by atoms with Gasteiger partial charge in [0, 0.05) is 5.92 Å². The van der Waals surface area contributed by atoms with E-state index in [4.69, 9.17) is 4.74 Å². The molecule has 2 unspecified atom stereocenters. The Balaban J connectivity index is 1.68. The van der Waals surface area contributed by atoms with Gasteiger partial charge in [0.25, 0.3) is 0 Å². The monoisotopic (exact) mass is 406 g/mol. The number of aryl methyl sites for hydroxylation is 1. The van der Waals surface area contributed by atoms with Gasteiger partial charge in [-0.3, -0.25) is 4.79 Å². The maximum atomic E-state index is 12.7. The molecule has 158 valence electrons. The van der Waals surface area contributed by atoms with E-state index in [9.17, 15) is 14.7 Å². The lowest BCUT2D eigenvalue weighted by molar-refractivity contribution is -0.141. The van der Waals surface area contributed by atoms with Crippen molar-refractivity contribution < 1.29 is 19.4 Å². The number of benzene rings is 2. The fraction of sp³-hybridized carbons (Fsp3) is 0.385. The second kappa shape index (κ2) is 8.86. The summed E-state index contributed by atoms with van der Waals surface area (Å²) in [6.07, 6.45) is 0.755. The van der Waals surface area contributed by atoms with Crippen molar-refractivity contribution in [2.24, 2.45) is 5.92 Å². The number of rotatable bonds is 6. The Bertz CT molecular complexity index is 933. The average Bonchev–Trinajstić information content (AvgIpc) is 2.99. The molecule has 1 aliphatic heterocycles. The van der Waals surface area contributed by atoms with Crippen molar-refractivity contribution in [2.75, 3.05) is 0 Å². The van der Waals surface area contributed by atoms with E-state index in [-0.39, 0.29) is 22.7 Å². The first kappa shape index (κ1) is 21.8. The molecule has 0 bridgehead atoms. The van der Waals surface area contributed by atoms with Gasteiger partial charge in [-0.25, -0.2) is 4.79 Å². The minimum absolute atomic E-state index is 0.0725. The Morgan fingerprint density at radius 2 is 1.63 bits per heavy atom. The number of cyclic esters (lactones) is 1. The van der Waals surface area contributed by atoms with Gasteiger partial charge in [0.05, 0.1) is 0 Å². The van der Waals surface area contributed by atoms with Gasteiger partial charge in [0.15, 0.2) is 6.10 Å². The summed E-state index contributed by atoms with van der Waals surface area (Å²) in [6.45, 7) is 8.29. The van der Waals surface area contributed by atoms with Crippen molar-refractivity contribution in [3.05, 3.63) is 82.6 Å². The quantitative estimate of drug-likeness (QED) is 0.314. The van der Waals surface area contributed by atoms with Crippen LogP contribution in [0.1, 0.15) is 50.8 Å². The van der Waals surface area contributed by atoms with Crippen LogP contribution < -0.4 is 0 Å². The number of ketones is 1. The zero-order chi connectivity index (χ0) is 21.9. The normalized spacial score (nSPS) is 19.5. The predicted octanol–water partition coefficient (Wildman–Crippen LogP) is 5.10. The highest BCUT2D eigenvalue weighted by Crippen LogP contribution is 2.28. The summed E-state index contributed by atoms with van der Waals surface area (Å²) >= 11 is 0. The largest absolute Gasteiger partial charge is 0.511 e. The van der Waals surface area contributed by atoms with E-state index >= 15 is 0 Å². The van der Waals surface area contributed by atoms with Crippen LogP contribution in [0, 0.1) is 5.92 Å². The number of aliphatic hydroxyl groups is 1. The van der Waals surface area contributed by atoms with Crippen LogP contribution in [-0.4, -0.2) is 23.0 Å². The van der Waals surface area contributed by atoms with Gasteiger partial charge >= 0.3 is 5.97 Å². The summed E-state index contributed by atoms with van der Waals surface area (Å²) in [5.74, 6) is -1.66. The zero-order valence-corrected chi connectivity index (χ0v) is 18.1. The third kappa shape index (κ3) is 4.99. The Morgan fingerprint density at radius 3 is 2.23 bits per heavy atom. The van der Waals surface area contributed by atoms with Crippen LogP contribution in [0.2, 0.25) is 0 Å². The fourth-order valence-corrected chi connectivity index (χ4v) is 3.70. The summed E-state index contributed by atoms with van der Waals surface area (Å²) in [5.41, 5.74) is 3.24. The molecule has 1 aliphatic rings. The van der Waals surface area contributed by atoms with Crippen LogP contribution in [0.4, 0.5) is 0 Å². The summed E-state index contributed by atoms with van der Waals surface area (Å²) in [4.78, 5) is 25.0. The Hall–Kier alpha value is -2.88. The number of Topliss-reactive ketones (excluding diaryl/α,β-unsaturated/α-hetero) is 1. The molecule has 1 N–H and O–H groups in total. The summed E-state index contributed by atoms with van der Waals surface area (Å²) in [7, 11) is 0. The van der Waals surface area contributed by atoms with Crippen LogP contribution in [-0.2, 0) is 32.6 Å². The smallest absolute Gasteiger partial charge is 0.346 e. The number of ether oxygens (including phenoxy) is 1. The lowest BCUT2D eigenvalue weighted by atomic mass is 9.86. The van der Waals surface area contributed by atoms with Crippen LogP contribution in [0.25, 0.3) is 0 Å². The molecular weight excluding hydrogens is 376 g/mol. The molecule has 0 aromatic heterocycles. The molecule has 3 rings (SSSR count). The van der Waals surface area contributed by atoms with E-state index in [0.717, 1.165) is 11.1 Å². The second-order valence-electron chi connectivity index (χ2n) is 9.09. The van der Waals surface area contributed by atoms with E-state index in [1.807, 2.05) is 49.4 Å². The van der Waals surface area contributed by atoms with Crippen molar-refractivity contribution in [1.82, 2.24) is 0 Å². The Morgan fingerprint density at radius 1 is 1.00 bits per heavy atom. The number of hydrogen-bond donors (Lipinski definition) is 1. The lowest BCUT2D eigenvalue weighted by Gasteiger charge is -2.19. The summed E-state index contributed by atoms with van der Waals surface area (Å²) < 4.78 is 5.28. The average molecular weight is 407 g/mol. The van der Waals surface area contributed by atoms with Gasteiger partial charge in [0.2, 0.25) is 5.78 Å². The van der Waals surface area contributed by atoms with Crippen molar-refractivity contribution in [3.63, 3.8) is 0 Å². The Labute approximate surface area is 178 Å². The lowest BCUT2D eigenvalue weighted by Crippen LogP contribution is -2.19. The molecule has 0 spiro atoms. The van der Waals surface area contributed by atoms with Crippen LogP contribution in [0.3, 0.4) is 0 Å².